The molecule has 0 aliphatic rings. The smallest absolute Gasteiger partial charge is 0.249 e. The van der Waals surface area contributed by atoms with Crippen molar-refractivity contribution < 1.29 is 9.59 Å². The summed E-state index contributed by atoms with van der Waals surface area (Å²) in [6, 6.07) is 12.6. The molecule has 0 spiro atoms. The van der Waals surface area contributed by atoms with Crippen LogP contribution < -0.4 is 5.32 Å². The number of nitrogens with one attached hydrogen (secondary N) is 1. The Hall–Kier alpha value is -2.87. The van der Waals surface area contributed by atoms with E-state index in [1.54, 1.807) is 41.9 Å². The molecule has 1 heterocycles. The van der Waals surface area contributed by atoms with Gasteiger partial charge in [-0.2, -0.15) is 5.26 Å². The summed E-state index contributed by atoms with van der Waals surface area (Å²) < 4.78 is 1.68. The molecule has 0 bridgehead atoms. The standard InChI is InChI=1S/C18H19N3O2/c1-4-13-6-8-14(9-7-13)20-18(23)15(11-19)17(22)16-10-5-12(2)21(16)3/h5-10,15H,4H2,1-3H3,(H,20,23). The first-order chi connectivity index (χ1) is 11.0. The fourth-order valence-corrected chi connectivity index (χ4v) is 2.28. The molecule has 1 N–H and O–H groups in total. The average Bonchev–Trinajstić information content (AvgIpc) is 2.88. The lowest BCUT2D eigenvalue weighted by Gasteiger charge is -2.11. The zero-order valence-corrected chi connectivity index (χ0v) is 13.5. The fraction of sp³-hybridized carbons (Fsp3) is 0.278. The van der Waals surface area contributed by atoms with Crippen LogP contribution in [0.1, 0.15) is 28.7 Å². The second-order valence-electron chi connectivity index (χ2n) is 5.39. The summed E-state index contributed by atoms with van der Waals surface area (Å²) in [5.74, 6) is -2.47. The number of benzene rings is 1. The van der Waals surface area contributed by atoms with Gasteiger partial charge in [-0.05, 0) is 43.2 Å². The van der Waals surface area contributed by atoms with Crippen LogP contribution in [0.2, 0.25) is 0 Å². The van der Waals surface area contributed by atoms with Crippen LogP contribution in [0.4, 0.5) is 5.69 Å². The minimum atomic E-state index is -1.37. The Morgan fingerprint density at radius 2 is 1.87 bits per heavy atom. The zero-order chi connectivity index (χ0) is 17.0. The first-order valence-corrected chi connectivity index (χ1v) is 7.44. The van der Waals surface area contributed by atoms with Gasteiger partial charge in [0.15, 0.2) is 5.92 Å². The molecule has 0 fully saturated rings. The highest BCUT2D eigenvalue weighted by molar-refractivity contribution is 6.15. The summed E-state index contributed by atoms with van der Waals surface area (Å²) in [4.78, 5) is 24.7. The molecule has 0 aliphatic heterocycles. The topological polar surface area (TPSA) is 74.9 Å². The van der Waals surface area contributed by atoms with E-state index in [0.717, 1.165) is 17.7 Å². The lowest BCUT2D eigenvalue weighted by molar-refractivity contribution is -0.117. The SMILES string of the molecule is CCc1ccc(NC(=O)C(C#N)C(=O)c2ccc(C)n2C)cc1. The molecule has 1 atom stereocenters. The molecule has 2 aromatic rings. The normalized spacial score (nSPS) is 11.6. The maximum atomic E-state index is 12.4. The molecular formula is C18H19N3O2. The third kappa shape index (κ3) is 3.49. The second kappa shape index (κ2) is 6.93. The van der Waals surface area contributed by atoms with Crippen molar-refractivity contribution in [2.45, 2.75) is 20.3 Å². The van der Waals surface area contributed by atoms with Crippen LogP contribution in [-0.2, 0) is 18.3 Å². The Balaban J connectivity index is 2.16. The van der Waals surface area contributed by atoms with Gasteiger partial charge in [0.2, 0.25) is 11.7 Å². The molecule has 118 valence electrons. The molecule has 5 nitrogen and oxygen atoms in total. The van der Waals surface area contributed by atoms with E-state index in [-0.39, 0.29) is 0 Å². The van der Waals surface area contributed by atoms with Crippen LogP contribution in [0.15, 0.2) is 36.4 Å². The van der Waals surface area contributed by atoms with Gasteiger partial charge < -0.3 is 9.88 Å². The summed E-state index contributed by atoms with van der Waals surface area (Å²) in [5, 5.41) is 11.9. The van der Waals surface area contributed by atoms with Crippen molar-refractivity contribution in [1.82, 2.24) is 4.57 Å². The summed E-state index contributed by atoms with van der Waals surface area (Å²) >= 11 is 0. The number of ketones is 1. The predicted molar refractivity (Wildman–Crippen MR) is 88.0 cm³/mol. The maximum Gasteiger partial charge on any atom is 0.249 e. The van der Waals surface area contributed by atoms with E-state index in [4.69, 9.17) is 0 Å². The van der Waals surface area contributed by atoms with E-state index >= 15 is 0 Å². The quantitative estimate of drug-likeness (QED) is 0.681. The number of amides is 1. The first kappa shape index (κ1) is 16.5. The van der Waals surface area contributed by atoms with Gasteiger partial charge in [0.05, 0.1) is 11.8 Å². The number of nitrogens with zero attached hydrogens (tertiary/aromatic N) is 2. The number of hydrogen-bond acceptors (Lipinski definition) is 3. The molecule has 1 aromatic heterocycles. The van der Waals surface area contributed by atoms with Crippen molar-refractivity contribution in [3.05, 3.63) is 53.3 Å². The van der Waals surface area contributed by atoms with Crippen LogP contribution >= 0.6 is 0 Å². The van der Waals surface area contributed by atoms with Crippen molar-refractivity contribution in [2.24, 2.45) is 13.0 Å². The maximum absolute atomic E-state index is 12.4. The van der Waals surface area contributed by atoms with Gasteiger partial charge in [-0.15, -0.1) is 0 Å². The Morgan fingerprint density at radius 3 is 2.35 bits per heavy atom. The molecular weight excluding hydrogens is 290 g/mol. The molecule has 0 aliphatic carbocycles. The van der Waals surface area contributed by atoms with Crippen molar-refractivity contribution in [3.8, 4) is 6.07 Å². The lowest BCUT2D eigenvalue weighted by Crippen LogP contribution is -2.29. The first-order valence-electron chi connectivity index (χ1n) is 7.44. The number of carbonyl (C=O) groups is 2. The highest BCUT2D eigenvalue weighted by atomic mass is 16.2. The second-order valence-corrected chi connectivity index (χ2v) is 5.39. The summed E-state index contributed by atoms with van der Waals surface area (Å²) in [7, 11) is 1.73. The highest BCUT2D eigenvalue weighted by Crippen LogP contribution is 2.15. The Morgan fingerprint density at radius 1 is 1.22 bits per heavy atom. The minimum Gasteiger partial charge on any atom is -0.346 e. The predicted octanol–water partition coefficient (Wildman–Crippen LogP) is 2.86. The average molecular weight is 309 g/mol. The molecule has 0 saturated heterocycles. The van der Waals surface area contributed by atoms with Crippen molar-refractivity contribution in [1.29, 1.82) is 5.26 Å². The lowest BCUT2D eigenvalue weighted by atomic mass is 10.0. The third-order valence-electron chi connectivity index (χ3n) is 3.91. The fourth-order valence-electron chi connectivity index (χ4n) is 2.28. The van der Waals surface area contributed by atoms with Gasteiger partial charge in [0, 0.05) is 18.4 Å². The number of rotatable bonds is 5. The third-order valence-corrected chi connectivity index (χ3v) is 3.91. The molecule has 2 rings (SSSR count). The van der Waals surface area contributed by atoms with Crippen LogP contribution in [0.3, 0.4) is 0 Å². The molecule has 0 radical (unpaired) electrons. The van der Waals surface area contributed by atoms with Gasteiger partial charge in [-0.3, -0.25) is 9.59 Å². The van der Waals surface area contributed by atoms with Crippen molar-refractivity contribution in [3.63, 3.8) is 0 Å². The largest absolute Gasteiger partial charge is 0.346 e. The molecule has 0 saturated carbocycles. The van der Waals surface area contributed by atoms with Crippen LogP contribution in [0.5, 0.6) is 0 Å². The van der Waals surface area contributed by atoms with E-state index in [2.05, 4.69) is 5.32 Å². The summed E-state index contributed by atoms with van der Waals surface area (Å²) in [6.45, 7) is 3.90. The number of anilines is 1. The van der Waals surface area contributed by atoms with Crippen LogP contribution in [0.25, 0.3) is 0 Å². The molecule has 1 unspecified atom stereocenters. The van der Waals surface area contributed by atoms with Crippen LogP contribution in [0, 0.1) is 24.2 Å². The number of aromatic nitrogens is 1. The zero-order valence-electron chi connectivity index (χ0n) is 13.5. The van der Waals surface area contributed by atoms with Gasteiger partial charge in [-0.25, -0.2) is 0 Å². The number of nitriles is 1. The number of hydrogen-bond donors (Lipinski definition) is 1. The van der Waals surface area contributed by atoms with E-state index in [1.807, 2.05) is 26.0 Å². The van der Waals surface area contributed by atoms with Crippen molar-refractivity contribution in [2.75, 3.05) is 5.32 Å². The molecule has 1 amide bonds. The Labute approximate surface area is 135 Å². The van der Waals surface area contributed by atoms with Gasteiger partial charge in [0.25, 0.3) is 0 Å². The van der Waals surface area contributed by atoms with E-state index in [9.17, 15) is 14.9 Å². The molecule has 5 heteroatoms. The number of Topliss-reactive ketones (excluding diaryl/α,β-unsaturated/α-hetero) is 1. The van der Waals surface area contributed by atoms with E-state index in [1.165, 1.54) is 0 Å². The Bertz CT molecular complexity index is 767. The Kier molecular flexibility index (Phi) is 4.97. The molecule has 23 heavy (non-hydrogen) atoms. The van der Waals surface area contributed by atoms with E-state index in [0.29, 0.717) is 11.4 Å². The van der Waals surface area contributed by atoms with E-state index < -0.39 is 17.6 Å². The molecule has 1 aromatic carbocycles. The van der Waals surface area contributed by atoms with Gasteiger partial charge in [-0.1, -0.05) is 19.1 Å². The van der Waals surface area contributed by atoms with Gasteiger partial charge in [0.1, 0.15) is 0 Å². The minimum absolute atomic E-state index is 0.352. The van der Waals surface area contributed by atoms with Crippen LogP contribution in [-0.4, -0.2) is 16.3 Å². The summed E-state index contributed by atoms with van der Waals surface area (Å²) in [5.41, 5.74) is 2.96. The summed E-state index contributed by atoms with van der Waals surface area (Å²) in [6.07, 6.45) is 0.903. The van der Waals surface area contributed by atoms with Gasteiger partial charge >= 0.3 is 0 Å². The monoisotopic (exact) mass is 309 g/mol. The van der Waals surface area contributed by atoms with Crippen molar-refractivity contribution >= 4 is 17.4 Å². The highest BCUT2D eigenvalue weighted by Gasteiger charge is 2.29. The number of carbonyl (C=O) groups excluding carboxylic acids is 2. The number of aryl methyl sites for hydroxylation is 2.